The first-order chi connectivity index (χ1) is 15.3. The monoisotopic (exact) mass is 414 g/mol. The average Bonchev–Trinajstić information content (AvgIpc) is 2.81. The van der Waals surface area contributed by atoms with Crippen molar-refractivity contribution < 1.29 is 9.36 Å². The van der Waals surface area contributed by atoms with Gasteiger partial charge in [0.2, 0.25) is 17.1 Å². The molecule has 1 aromatic heterocycles. The number of para-hydroxylation sites is 1. The second-order valence-electron chi connectivity index (χ2n) is 7.55. The SMILES string of the molecule is NCCNC(=O)CCCCC[n+]1c(/C=C/C=C/c2ccccc2)ccc2ccccc21. The molecule has 1 heterocycles. The van der Waals surface area contributed by atoms with E-state index in [0.29, 0.717) is 19.5 Å². The maximum atomic E-state index is 11.7. The molecule has 31 heavy (non-hydrogen) atoms. The zero-order valence-corrected chi connectivity index (χ0v) is 18.0. The molecule has 0 unspecified atom stereocenters. The van der Waals surface area contributed by atoms with Crippen molar-refractivity contribution in [2.24, 2.45) is 5.73 Å². The number of rotatable bonds is 11. The summed E-state index contributed by atoms with van der Waals surface area (Å²) in [5.41, 5.74) is 9.02. The zero-order chi connectivity index (χ0) is 21.7. The number of nitrogens with one attached hydrogen (secondary N) is 1. The van der Waals surface area contributed by atoms with Crippen LogP contribution in [0.4, 0.5) is 0 Å². The number of hydrogen-bond donors (Lipinski definition) is 2. The third-order valence-electron chi connectivity index (χ3n) is 5.19. The minimum absolute atomic E-state index is 0.0945. The Labute approximate surface area is 185 Å². The number of amides is 1. The molecule has 0 saturated carbocycles. The first kappa shape index (κ1) is 22.4. The number of pyridine rings is 1. The Hall–Kier alpha value is -3.24. The van der Waals surface area contributed by atoms with E-state index in [1.165, 1.54) is 22.2 Å². The molecule has 4 nitrogen and oxygen atoms in total. The van der Waals surface area contributed by atoms with Crippen LogP contribution in [0.2, 0.25) is 0 Å². The first-order valence-electron chi connectivity index (χ1n) is 11.1. The Morgan fingerprint density at radius 2 is 1.65 bits per heavy atom. The molecule has 0 fully saturated rings. The van der Waals surface area contributed by atoms with Crippen LogP contribution in [0.25, 0.3) is 23.1 Å². The Balaban J connectivity index is 1.64. The minimum Gasteiger partial charge on any atom is -0.355 e. The van der Waals surface area contributed by atoms with E-state index >= 15 is 0 Å². The van der Waals surface area contributed by atoms with E-state index in [1.807, 2.05) is 18.2 Å². The van der Waals surface area contributed by atoms with Gasteiger partial charge in [-0.15, -0.1) is 0 Å². The van der Waals surface area contributed by atoms with Gasteiger partial charge < -0.3 is 11.1 Å². The highest BCUT2D eigenvalue weighted by molar-refractivity contribution is 5.76. The molecule has 0 aliphatic heterocycles. The van der Waals surface area contributed by atoms with E-state index in [9.17, 15) is 4.79 Å². The molecule has 0 radical (unpaired) electrons. The molecule has 3 aromatic rings. The number of allylic oxidation sites excluding steroid dienone is 2. The molecule has 1 amide bonds. The van der Waals surface area contributed by atoms with E-state index < -0.39 is 0 Å². The second kappa shape index (κ2) is 12.5. The number of unbranched alkanes of at least 4 members (excludes halogenated alkanes) is 2. The molecule has 0 atom stereocenters. The number of carbonyl (C=O) groups excluding carboxylic acids is 1. The van der Waals surface area contributed by atoms with E-state index in [1.54, 1.807) is 0 Å². The van der Waals surface area contributed by atoms with Crippen molar-refractivity contribution in [3.63, 3.8) is 0 Å². The van der Waals surface area contributed by atoms with Crippen molar-refractivity contribution in [1.82, 2.24) is 5.32 Å². The Morgan fingerprint density at radius 3 is 2.48 bits per heavy atom. The number of nitrogens with zero attached hydrogens (tertiary/aromatic N) is 1. The summed E-state index contributed by atoms with van der Waals surface area (Å²) >= 11 is 0. The standard InChI is InChI=1S/C27H31N3O/c28-20-21-29-27(31)17-5-2-10-22-30-25(19-18-24-14-7-9-16-26(24)30)15-8-6-13-23-11-3-1-4-12-23/h1,3-4,6-9,11-16,18-19H,2,5,10,17,20-22,28H2/p+1/b13-6+,15-8+. The van der Waals surface area contributed by atoms with Gasteiger partial charge in [-0.25, -0.2) is 0 Å². The largest absolute Gasteiger partial charge is 0.355 e. The van der Waals surface area contributed by atoms with Crippen LogP contribution in [0, 0.1) is 0 Å². The Kier molecular flexibility index (Phi) is 9.02. The Bertz CT molecular complexity index is 1030. The van der Waals surface area contributed by atoms with Crippen LogP contribution in [-0.2, 0) is 11.3 Å². The van der Waals surface area contributed by atoms with Gasteiger partial charge in [-0.3, -0.25) is 4.79 Å². The van der Waals surface area contributed by atoms with Gasteiger partial charge in [-0.1, -0.05) is 60.7 Å². The van der Waals surface area contributed by atoms with Crippen molar-refractivity contribution in [1.29, 1.82) is 0 Å². The number of benzene rings is 2. The lowest BCUT2D eigenvalue weighted by Crippen LogP contribution is -2.38. The predicted octanol–water partition coefficient (Wildman–Crippen LogP) is 4.49. The Morgan fingerprint density at radius 1 is 0.871 bits per heavy atom. The summed E-state index contributed by atoms with van der Waals surface area (Å²) in [6.07, 6.45) is 11.9. The lowest BCUT2D eigenvalue weighted by Gasteiger charge is -2.06. The topological polar surface area (TPSA) is 59.0 Å². The van der Waals surface area contributed by atoms with Gasteiger partial charge in [0.25, 0.3) is 0 Å². The molecule has 0 bridgehead atoms. The van der Waals surface area contributed by atoms with Crippen LogP contribution >= 0.6 is 0 Å². The molecule has 0 spiro atoms. The van der Waals surface area contributed by atoms with Crippen molar-refractivity contribution in [2.75, 3.05) is 13.1 Å². The molecule has 0 aliphatic carbocycles. The summed E-state index contributed by atoms with van der Waals surface area (Å²) in [6, 6.07) is 23.1. The lowest BCUT2D eigenvalue weighted by molar-refractivity contribution is -0.673. The molecule has 3 N–H and O–H groups in total. The highest BCUT2D eigenvalue weighted by Gasteiger charge is 2.13. The van der Waals surface area contributed by atoms with Crippen molar-refractivity contribution in [2.45, 2.75) is 32.2 Å². The van der Waals surface area contributed by atoms with Crippen LogP contribution in [0.1, 0.15) is 36.9 Å². The molecular weight excluding hydrogens is 382 g/mol. The third kappa shape index (κ3) is 7.19. The first-order valence-corrected chi connectivity index (χ1v) is 11.1. The van der Waals surface area contributed by atoms with Crippen LogP contribution in [0.3, 0.4) is 0 Å². The summed E-state index contributed by atoms with van der Waals surface area (Å²) in [7, 11) is 0. The van der Waals surface area contributed by atoms with E-state index in [2.05, 4.69) is 82.7 Å². The third-order valence-corrected chi connectivity index (χ3v) is 5.19. The van der Waals surface area contributed by atoms with Gasteiger partial charge in [0, 0.05) is 49.5 Å². The minimum atomic E-state index is 0.0945. The van der Waals surface area contributed by atoms with Gasteiger partial charge in [0.15, 0.2) is 0 Å². The number of aryl methyl sites for hydroxylation is 1. The summed E-state index contributed by atoms with van der Waals surface area (Å²) in [5, 5.41) is 4.07. The summed E-state index contributed by atoms with van der Waals surface area (Å²) < 4.78 is 2.37. The highest BCUT2D eigenvalue weighted by Crippen LogP contribution is 2.13. The van der Waals surface area contributed by atoms with Gasteiger partial charge in [0.05, 0.1) is 0 Å². The average molecular weight is 415 g/mol. The van der Waals surface area contributed by atoms with Crippen LogP contribution in [0.5, 0.6) is 0 Å². The molecule has 0 aliphatic rings. The second-order valence-corrected chi connectivity index (χ2v) is 7.55. The summed E-state index contributed by atoms with van der Waals surface area (Å²) in [4.78, 5) is 11.7. The molecule has 2 aromatic carbocycles. The highest BCUT2D eigenvalue weighted by atomic mass is 16.1. The molecule has 4 heteroatoms. The fraction of sp³-hybridized carbons (Fsp3) is 0.259. The normalized spacial score (nSPS) is 11.5. The summed E-state index contributed by atoms with van der Waals surface area (Å²) in [6.45, 7) is 1.97. The van der Waals surface area contributed by atoms with Gasteiger partial charge in [-0.2, -0.15) is 4.57 Å². The number of nitrogens with two attached hydrogens (primary N) is 1. The van der Waals surface area contributed by atoms with Gasteiger partial charge in [-0.05, 0) is 30.5 Å². The summed E-state index contributed by atoms with van der Waals surface area (Å²) in [5.74, 6) is 0.0945. The number of carbonyl (C=O) groups is 1. The van der Waals surface area contributed by atoms with Crippen LogP contribution < -0.4 is 15.6 Å². The molecule has 0 saturated heterocycles. The van der Waals surface area contributed by atoms with E-state index in [4.69, 9.17) is 5.73 Å². The number of aromatic nitrogens is 1. The maximum Gasteiger partial charge on any atom is 0.220 e. The maximum absolute atomic E-state index is 11.7. The van der Waals surface area contributed by atoms with Crippen molar-refractivity contribution >= 4 is 29.0 Å². The molecular formula is C27H32N3O+. The van der Waals surface area contributed by atoms with Crippen molar-refractivity contribution in [3.8, 4) is 0 Å². The molecule has 160 valence electrons. The van der Waals surface area contributed by atoms with Crippen molar-refractivity contribution in [3.05, 3.63) is 90.1 Å². The van der Waals surface area contributed by atoms with E-state index in [-0.39, 0.29) is 5.91 Å². The quantitative estimate of drug-likeness (QED) is 0.276. The van der Waals surface area contributed by atoms with Crippen LogP contribution in [0.15, 0.2) is 78.9 Å². The van der Waals surface area contributed by atoms with Crippen LogP contribution in [-0.4, -0.2) is 19.0 Å². The fourth-order valence-corrected chi connectivity index (χ4v) is 3.59. The number of hydrogen-bond acceptors (Lipinski definition) is 2. The fourth-order valence-electron chi connectivity index (χ4n) is 3.59. The van der Waals surface area contributed by atoms with Gasteiger partial charge in [0.1, 0.15) is 6.54 Å². The number of fused-ring (bicyclic) bond motifs is 1. The lowest BCUT2D eigenvalue weighted by atomic mass is 10.1. The smallest absolute Gasteiger partial charge is 0.220 e. The predicted molar refractivity (Wildman–Crippen MR) is 129 cm³/mol. The van der Waals surface area contributed by atoms with Gasteiger partial charge >= 0.3 is 0 Å². The van der Waals surface area contributed by atoms with E-state index in [0.717, 1.165) is 25.8 Å². The zero-order valence-electron chi connectivity index (χ0n) is 18.0. The molecule has 3 rings (SSSR count).